The third-order valence-electron chi connectivity index (χ3n) is 4.38. The zero-order valence-corrected chi connectivity index (χ0v) is 14.9. The first-order chi connectivity index (χ1) is 8.57. The molecular formula is C15H22BrFOSi. The van der Waals surface area contributed by atoms with Gasteiger partial charge in [0.1, 0.15) is 5.82 Å². The minimum absolute atomic E-state index is 0.169. The van der Waals surface area contributed by atoms with Crippen molar-refractivity contribution in [3.8, 4) is 0 Å². The van der Waals surface area contributed by atoms with Crippen LogP contribution in [0.2, 0.25) is 18.1 Å². The van der Waals surface area contributed by atoms with Crippen molar-refractivity contribution < 1.29 is 8.82 Å². The third-order valence-corrected chi connectivity index (χ3v) is 9.59. The second-order valence-corrected chi connectivity index (χ2v) is 12.6. The summed E-state index contributed by atoms with van der Waals surface area (Å²) in [6.07, 6.45) is 1.98. The number of hydrogen-bond acceptors (Lipinski definition) is 1. The Hall–Kier alpha value is -0.193. The highest BCUT2D eigenvalue weighted by molar-refractivity contribution is 9.10. The first-order valence-electron chi connectivity index (χ1n) is 6.73. The molecule has 0 aliphatic heterocycles. The molecule has 0 unspecified atom stereocenters. The van der Waals surface area contributed by atoms with Crippen LogP contribution in [0.5, 0.6) is 0 Å². The van der Waals surface area contributed by atoms with E-state index in [4.69, 9.17) is 4.43 Å². The maximum Gasteiger partial charge on any atom is 0.193 e. The summed E-state index contributed by atoms with van der Waals surface area (Å²) in [7, 11) is -1.84. The van der Waals surface area contributed by atoms with Gasteiger partial charge in [0.05, 0.1) is 5.60 Å². The van der Waals surface area contributed by atoms with Crippen LogP contribution in [0.25, 0.3) is 0 Å². The Labute approximate surface area is 124 Å². The Bertz CT molecular complexity index is 489. The third kappa shape index (κ3) is 2.95. The van der Waals surface area contributed by atoms with Gasteiger partial charge in [-0.25, -0.2) is 4.39 Å². The van der Waals surface area contributed by atoms with E-state index < -0.39 is 8.32 Å². The molecule has 0 aromatic heterocycles. The van der Waals surface area contributed by atoms with Crippen molar-refractivity contribution in [2.45, 2.75) is 57.3 Å². The standard InChI is InChI=1S/C15H22BrFOSi/c1-14(2,3)19(4,5)18-15(8-9-15)12-10-11(17)6-7-13(12)16/h6-7,10H,8-9H2,1-5H3. The predicted molar refractivity (Wildman–Crippen MR) is 83.3 cm³/mol. The van der Waals surface area contributed by atoms with Gasteiger partial charge in [0.25, 0.3) is 0 Å². The Morgan fingerprint density at radius 2 is 1.84 bits per heavy atom. The lowest BCUT2D eigenvalue weighted by molar-refractivity contribution is 0.158. The first kappa shape index (κ1) is 15.2. The van der Waals surface area contributed by atoms with E-state index in [1.54, 1.807) is 12.1 Å². The SMILES string of the molecule is CC(C)(C)[Si](C)(C)OC1(c2cc(F)ccc2Br)CC1. The lowest BCUT2D eigenvalue weighted by atomic mass is 10.1. The molecule has 1 nitrogen and oxygen atoms in total. The van der Waals surface area contributed by atoms with Gasteiger partial charge in [0, 0.05) is 4.47 Å². The van der Waals surface area contributed by atoms with Crippen LogP contribution in [0.15, 0.2) is 22.7 Å². The number of hydrogen-bond donors (Lipinski definition) is 0. The van der Waals surface area contributed by atoms with Gasteiger partial charge < -0.3 is 4.43 Å². The van der Waals surface area contributed by atoms with Crippen molar-refractivity contribution in [2.24, 2.45) is 0 Å². The van der Waals surface area contributed by atoms with Crippen molar-refractivity contribution in [3.63, 3.8) is 0 Å². The Morgan fingerprint density at radius 1 is 1.26 bits per heavy atom. The lowest BCUT2D eigenvalue weighted by Crippen LogP contribution is -2.44. The van der Waals surface area contributed by atoms with Crippen molar-refractivity contribution >= 4 is 24.2 Å². The molecular weight excluding hydrogens is 323 g/mol. The van der Waals surface area contributed by atoms with Crippen LogP contribution in [-0.4, -0.2) is 8.32 Å². The maximum absolute atomic E-state index is 13.5. The van der Waals surface area contributed by atoms with Crippen LogP contribution in [0, 0.1) is 5.82 Å². The molecule has 0 N–H and O–H groups in total. The molecule has 1 fully saturated rings. The van der Waals surface area contributed by atoms with Crippen LogP contribution >= 0.6 is 15.9 Å². The molecule has 1 aliphatic rings. The smallest absolute Gasteiger partial charge is 0.193 e. The molecule has 0 atom stereocenters. The second-order valence-electron chi connectivity index (χ2n) is 6.98. The van der Waals surface area contributed by atoms with E-state index in [0.717, 1.165) is 22.9 Å². The van der Waals surface area contributed by atoms with E-state index in [9.17, 15) is 4.39 Å². The summed E-state index contributed by atoms with van der Waals surface area (Å²) in [6.45, 7) is 11.2. The molecule has 1 aromatic rings. The average molecular weight is 345 g/mol. The zero-order valence-electron chi connectivity index (χ0n) is 12.3. The van der Waals surface area contributed by atoms with Gasteiger partial charge in [-0.1, -0.05) is 36.7 Å². The molecule has 1 saturated carbocycles. The van der Waals surface area contributed by atoms with E-state index in [-0.39, 0.29) is 16.5 Å². The molecule has 19 heavy (non-hydrogen) atoms. The van der Waals surface area contributed by atoms with Crippen LogP contribution in [-0.2, 0) is 10.0 Å². The molecule has 1 aromatic carbocycles. The van der Waals surface area contributed by atoms with Crippen molar-refractivity contribution in [1.82, 2.24) is 0 Å². The Kier molecular flexibility index (Phi) is 3.74. The number of benzene rings is 1. The molecule has 4 heteroatoms. The highest BCUT2D eigenvalue weighted by Gasteiger charge is 2.53. The first-order valence-corrected chi connectivity index (χ1v) is 10.4. The zero-order chi connectivity index (χ0) is 14.5. The van der Waals surface area contributed by atoms with Gasteiger partial charge in [-0.3, -0.25) is 0 Å². The van der Waals surface area contributed by atoms with Crippen LogP contribution in [0.3, 0.4) is 0 Å². The normalized spacial score (nSPS) is 18.5. The quantitative estimate of drug-likeness (QED) is 0.648. The minimum Gasteiger partial charge on any atom is -0.407 e. The fourth-order valence-electron chi connectivity index (χ4n) is 2.03. The monoisotopic (exact) mass is 344 g/mol. The lowest BCUT2D eigenvalue weighted by Gasteiger charge is -2.40. The van der Waals surface area contributed by atoms with Crippen LogP contribution in [0.4, 0.5) is 4.39 Å². The summed E-state index contributed by atoms with van der Waals surface area (Å²) in [4.78, 5) is 0. The van der Waals surface area contributed by atoms with Gasteiger partial charge >= 0.3 is 0 Å². The minimum atomic E-state index is -1.84. The Morgan fingerprint density at radius 3 is 2.32 bits per heavy atom. The summed E-state index contributed by atoms with van der Waals surface area (Å²) in [5, 5.41) is 0.169. The fourth-order valence-corrected chi connectivity index (χ4v) is 4.23. The summed E-state index contributed by atoms with van der Waals surface area (Å²) >= 11 is 3.53. The van der Waals surface area contributed by atoms with E-state index in [2.05, 4.69) is 49.8 Å². The predicted octanol–water partition coefficient (Wildman–Crippen LogP) is 5.60. The summed E-state index contributed by atoms with van der Waals surface area (Å²) in [5.74, 6) is -0.191. The maximum atomic E-state index is 13.5. The van der Waals surface area contributed by atoms with Gasteiger partial charge in [-0.05, 0) is 54.7 Å². The van der Waals surface area contributed by atoms with E-state index in [0.29, 0.717) is 0 Å². The summed E-state index contributed by atoms with van der Waals surface area (Å²) in [6, 6.07) is 4.87. The second kappa shape index (κ2) is 4.67. The number of halogens is 2. The average Bonchev–Trinajstić information content (AvgIpc) is 3.00. The molecule has 0 saturated heterocycles. The van der Waals surface area contributed by atoms with Gasteiger partial charge in [-0.15, -0.1) is 0 Å². The van der Waals surface area contributed by atoms with Crippen LogP contribution in [0.1, 0.15) is 39.2 Å². The van der Waals surface area contributed by atoms with Gasteiger partial charge in [0.2, 0.25) is 0 Å². The number of rotatable bonds is 3. The highest BCUT2D eigenvalue weighted by Crippen LogP contribution is 2.55. The summed E-state index contributed by atoms with van der Waals surface area (Å²) in [5.41, 5.74) is 0.710. The molecule has 1 aliphatic carbocycles. The van der Waals surface area contributed by atoms with Gasteiger partial charge in [-0.2, -0.15) is 0 Å². The molecule has 0 amide bonds. The molecule has 0 heterocycles. The van der Waals surface area contributed by atoms with Crippen molar-refractivity contribution in [3.05, 3.63) is 34.1 Å². The largest absolute Gasteiger partial charge is 0.407 e. The van der Waals surface area contributed by atoms with Crippen molar-refractivity contribution in [1.29, 1.82) is 0 Å². The van der Waals surface area contributed by atoms with Gasteiger partial charge in [0.15, 0.2) is 8.32 Å². The van der Waals surface area contributed by atoms with Crippen molar-refractivity contribution in [2.75, 3.05) is 0 Å². The highest BCUT2D eigenvalue weighted by atomic mass is 79.9. The topological polar surface area (TPSA) is 9.23 Å². The molecule has 0 bridgehead atoms. The molecule has 0 spiro atoms. The molecule has 0 radical (unpaired) electrons. The van der Waals surface area contributed by atoms with E-state index in [1.165, 1.54) is 6.07 Å². The molecule has 106 valence electrons. The Balaban J connectivity index is 2.32. The summed E-state index contributed by atoms with van der Waals surface area (Å²) < 4.78 is 21.0. The van der Waals surface area contributed by atoms with E-state index in [1.807, 2.05) is 0 Å². The molecule has 2 rings (SSSR count). The fraction of sp³-hybridized carbons (Fsp3) is 0.600. The van der Waals surface area contributed by atoms with Crippen LogP contribution < -0.4 is 0 Å². The van der Waals surface area contributed by atoms with E-state index >= 15 is 0 Å².